The van der Waals surface area contributed by atoms with E-state index >= 15 is 0 Å². The molecule has 10 nitrogen and oxygen atoms in total. The van der Waals surface area contributed by atoms with E-state index in [2.05, 4.69) is 4.90 Å². The van der Waals surface area contributed by atoms with Gasteiger partial charge < -0.3 is 29.9 Å². The number of esters is 1. The average molecular weight is 635 g/mol. The number of nitrogens with zero attached hydrogens (tertiary/aromatic N) is 2. The number of allylic oxidation sites excluding steroid dienone is 2. The van der Waals surface area contributed by atoms with Crippen molar-refractivity contribution < 1.29 is 39.5 Å². The number of piperazine rings is 1. The number of carbonyl (C=O) groups is 1. The van der Waals surface area contributed by atoms with Gasteiger partial charge in [-0.3, -0.25) is 14.5 Å². The summed E-state index contributed by atoms with van der Waals surface area (Å²) in [5.41, 5.74) is -1.59. The maximum atomic E-state index is 12.8. The maximum absolute atomic E-state index is 12.8. The molecule has 0 spiro atoms. The molecule has 0 aromatic rings. The first kappa shape index (κ1) is 36.2. The molecule has 3 saturated heterocycles. The highest BCUT2D eigenvalue weighted by Gasteiger charge is 2.47. The van der Waals surface area contributed by atoms with Gasteiger partial charge in [-0.2, -0.15) is 5.06 Å². The van der Waals surface area contributed by atoms with Gasteiger partial charge in [0.25, 0.3) is 0 Å². The van der Waals surface area contributed by atoms with Crippen LogP contribution in [0.15, 0.2) is 36.0 Å². The molecule has 0 radical (unpaired) electrons. The number of epoxide rings is 1. The normalized spacial score (nSPS) is 39.3. The molecule has 0 aliphatic carbocycles. The van der Waals surface area contributed by atoms with Gasteiger partial charge in [0.2, 0.25) is 0 Å². The Bertz CT molecular complexity index is 1070. The van der Waals surface area contributed by atoms with Gasteiger partial charge in [0.15, 0.2) is 0 Å². The molecule has 4 aliphatic rings. The van der Waals surface area contributed by atoms with Gasteiger partial charge in [-0.1, -0.05) is 51.2 Å². The molecule has 4 N–H and O–H groups in total. The molecule has 11 unspecified atom stereocenters. The molecule has 0 amide bonds. The van der Waals surface area contributed by atoms with Crippen LogP contribution in [0.3, 0.4) is 0 Å². The third kappa shape index (κ3) is 10.2. The van der Waals surface area contributed by atoms with Crippen LogP contribution in [0.5, 0.6) is 0 Å². The Morgan fingerprint density at radius 1 is 1.27 bits per heavy atom. The van der Waals surface area contributed by atoms with E-state index in [0.717, 1.165) is 38.2 Å². The molecule has 11 atom stereocenters. The highest BCUT2D eigenvalue weighted by atomic mass is 16.7. The highest BCUT2D eigenvalue weighted by Crippen LogP contribution is 2.37. The van der Waals surface area contributed by atoms with E-state index in [1.165, 1.54) is 6.42 Å². The molecule has 4 rings (SSSR count). The van der Waals surface area contributed by atoms with E-state index in [9.17, 15) is 25.2 Å². The fraction of sp³-hybridized carbons (Fsp3) is 0.800. The Morgan fingerprint density at radius 3 is 2.76 bits per heavy atom. The lowest BCUT2D eigenvalue weighted by molar-refractivity contribution is -0.244. The fourth-order valence-electron chi connectivity index (χ4n) is 7.00. The smallest absolute Gasteiger partial charge is 0.309 e. The SMILES string of the molecule is CCC(O)C(C)C1OC1CC(C)(O)/C=C/C=C(\C)C1OC(=O)CC(O)CCC(C)(O)C(ON2CCN3CCCC3C2)/C=C/C1C. The van der Waals surface area contributed by atoms with Crippen LogP contribution in [0.1, 0.15) is 86.5 Å². The summed E-state index contributed by atoms with van der Waals surface area (Å²) < 4.78 is 11.7. The Balaban J connectivity index is 1.45. The predicted octanol–water partition coefficient (Wildman–Crippen LogP) is 3.28. The molecule has 4 aliphatic heterocycles. The Labute approximate surface area is 269 Å². The maximum Gasteiger partial charge on any atom is 0.309 e. The van der Waals surface area contributed by atoms with Crippen molar-refractivity contribution in [2.24, 2.45) is 11.8 Å². The molecular formula is C35H58N2O8. The minimum absolute atomic E-state index is 0.0111. The first-order valence-electron chi connectivity index (χ1n) is 17.0. The quantitative estimate of drug-likeness (QED) is 0.123. The van der Waals surface area contributed by atoms with Crippen molar-refractivity contribution in [1.82, 2.24) is 9.96 Å². The first-order chi connectivity index (χ1) is 21.2. The van der Waals surface area contributed by atoms with Crippen LogP contribution in [-0.2, 0) is 19.1 Å². The molecule has 256 valence electrons. The van der Waals surface area contributed by atoms with Crippen LogP contribution >= 0.6 is 0 Å². The zero-order valence-electron chi connectivity index (χ0n) is 28.2. The third-order valence-electron chi connectivity index (χ3n) is 10.2. The second-order valence-corrected chi connectivity index (χ2v) is 14.5. The van der Waals surface area contributed by atoms with Crippen molar-refractivity contribution in [2.45, 2.75) is 140 Å². The second kappa shape index (κ2) is 15.5. The van der Waals surface area contributed by atoms with Gasteiger partial charge in [-0.25, -0.2) is 0 Å². The molecule has 0 bridgehead atoms. The summed E-state index contributed by atoms with van der Waals surface area (Å²) >= 11 is 0. The van der Waals surface area contributed by atoms with Gasteiger partial charge in [0, 0.05) is 43.9 Å². The van der Waals surface area contributed by atoms with Gasteiger partial charge >= 0.3 is 5.97 Å². The van der Waals surface area contributed by atoms with E-state index in [-0.39, 0.29) is 43.3 Å². The van der Waals surface area contributed by atoms with Crippen LogP contribution < -0.4 is 0 Å². The third-order valence-corrected chi connectivity index (χ3v) is 10.2. The fourth-order valence-corrected chi connectivity index (χ4v) is 7.00. The number of carbonyl (C=O) groups excluding carboxylic acids is 1. The Hall–Kier alpha value is -1.63. The molecule has 4 heterocycles. The van der Waals surface area contributed by atoms with Crippen LogP contribution in [0.4, 0.5) is 0 Å². The van der Waals surface area contributed by atoms with Crippen molar-refractivity contribution in [2.75, 3.05) is 26.2 Å². The number of rotatable bonds is 10. The van der Waals surface area contributed by atoms with Crippen LogP contribution in [0.2, 0.25) is 0 Å². The summed E-state index contributed by atoms with van der Waals surface area (Å²) in [7, 11) is 0. The molecule has 0 saturated carbocycles. The van der Waals surface area contributed by atoms with Crippen molar-refractivity contribution >= 4 is 5.97 Å². The lowest BCUT2D eigenvalue weighted by Gasteiger charge is -2.41. The number of fused-ring (bicyclic) bond motifs is 1. The van der Waals surface area contributed by atoms with Crippen molar-refractivity contribution in [3.8, 4) is 0 Å². The highest BCUT2D eigenvalue weighted by molar-refractivity contribution is 5.70. The van der Waals surface area contributed by atoms with E-state index in [1.54, 1.807) is 26.0 Å². The minimum atomic E-state index is -1.25. The molecule has 10 heteroatoms. The topological polar surface area (TPSA) is 135 Å². The summed E-state index contributed by atoms with van der Waals surface area (Å²) in [6, 6.07) is 0.473. The number of ether oxygens (including phenoxy) is 2. The molecule has 3 fully saturated rings. The Kier molecular flexibility index (Phi) is 12.5. The summed E-state index contributed by atoms with van der Waals surface area (Å²) in [5.74, 6) is -0.743. The monoisotopic (exact) mass is 634 g/mol. The van der Waals surface area contributed by atoms with E-state index in [1.807, 2.05) is 51.0 Å². The molecule has 0 aromatic carbocycles. The lowest BCUT2D eigenvalue weighted by Crippen LogP contribution is -2.53. The summed E-state index contributed by atoms with van der Waals surface area (Å²) in [4.78, 5) is 21.8. The largest absolute Gasteiger partial charge is 0.457 e. The number of cyclic esters (lactones) is 1. The molecule has 0 aromatic heterocycles. The van der Waals surface area contributed by atoms with Crippen molar-refractivity contribution in [3.63, 3.8) is 0 Å². The van der Waals surface area contributed by atoms with E-state index < -0.39 is 41.6 Å². The van der Waals surface area contributed by atoms with Crippen molar-refractivity contribution in [3.05, 3.63) is 36.0 Å². The number of hydroxylamine groups is 2. The van der Waals surface area contributed by atoms with Gasteiger partial charge in [0.05, 0.1) is 42.0 Å². The van der Waals surface area contributed by atoms with E-state index in [4.69, 9.17) is 14.3 Å². The predicted molar refractivity (Wildman–Crippen MR) is 172 cm³/mol. The first-order valence-corrected chi connectivity index (χ1v) is 17.0. The average Bonchev–Trinajstić information content (AvgIpc) is 3.56. The number of hydrogen-bond donors (Lipinski definition) is 4. The second-order valence-electron chi connectivity index (χ2n) is 14.5. The summed E-state index contributed by atoms with van der Waals surface area (Å²) in [6.45, 7) is 14.8. The summed E-state index contributed by atoms with van der Waals surface area (Å²) in [5, 5.41) is 45.3. The van der Waals surface area contributed by atoms with Gasteiger partial charge in [-0.05, 0) is 65.0 Å². The number of aliphatic hydroxyl groups is 4. The van der Waals surface area contributed by atoms with Crippen LogP contribution in [0, 0.1) is 11.8 Å². The minimum Gasteiger partial charge on any atom is -0.457 e. The molecular weight excluding hydrogens is 576 g/mol. The number of hydrogen-bond acceptors (Lipinski definition) is 10. The Morgan fingerprint density at radius 2 is 2.02 bits per heavy atom. The van der Waals surface area contributed by atoms with Gasteiger partial charge in [-0.15, -0.1) is 0 Å². The number of aliphatic hydroxyl groups excluding tert-OH is 2. The van der Waals surface area contributed by atoms with Crippen LogP contribution in [-0.4, -0.2) is 116 Å². The van der Waals surface area contributed by atoms with Crippen molar-refractivity contribution in [1.29, 1.82) is 0 Å². The lowest BCUT2D eigenvalue weighted by atomic mass is 9.89. The van der Waals surface area contributed by atoms with Crippen LogP contribution in [0.25, 0.3) is 0 Å². The zero-order chi connectivity index (χ0) is 32.9. The summed E-state index contributed by atoms with van der Waals surface area (Å²) in [6.07, 6.45) is 10.1. The van der Waals surface area contributed by atoms with Gasteiger partial charge in [0.1, 0.15) is 12.2 Å². The zero-order valence-corrected chi connectivity index (χ0v) is 28.2. The standard InChI is InChI=1S/C35H58N2O8/c1-7-28(39)25(4)33-29(43-33)21-34(5,41)15-8-10-23(2)32-24(3)12-13-30(35(6,42)16-14-27(38)20-31(40)44-32)45-37-19-18-36-17-9-11-26(36)22-37/h8,10,12-13,15,24-30,32-33,38-39,41-42H,7,9,11,14,16-22H2,1-6H3/b13-12+,15-8+,23-10+. The molecule has 45 heavy (non-hydrogen) atoms. The van der Waals surface area contributed by atoms with E-state index in [0.29, 0.717) is 18.9 Å².